The molecule has 0 spiro atoms. The highest BCUT2D eigenvalue weighted by molar-refractivity contribution is 5.85. The van der Waals surface area contributed by atoms with Crippen LogP contribution >= 0.6 is 12.4 Å². The van der Waals surface area contributed by atoms with Gasteiger partial charge in [0.2, 0.25) is 5.89 Å². The molecule has 0 bridgehead atoms. The number of rotatable bonds is 3. The zero-order valence-electron chi connectivity index (χ0n) is 9.93. The minimum Gasteiger partial charge on any atom is -0.339 e. The summed E-state index contributed by atoms with van der Waals surface area (Å²) in [6.07, 6.45) is 6.44. The Balaban J connectivity index is 0.00000120. The van der Waals surface area contributed by atoms with Crippen molar-refractivity contribution in [2.75, 3.05) is 0 Å². The SMILES string of the molecule is Cl.NC1(c2noc(Cc3ccn[nH]3)n2)CCCC1. The lowest BCUT2D eigenvalue weighted by Gasteiger charge is -2.17. The Morgan fingerprint density at radius 1 is 1.39 bits per heavy atom. The summed E-state index contributed by atoms with van der Waals surface area (Å²) >= 11 is 0. The van der Waals surface area contributed by atoms with E-state index in [0.29, 0.717) is 18.1 Å². The van der Waals surface area contributed by atoms with Crippen molar-refractivity contribution in [3.05, 3.63) is 29.7 Å². The predicted molar refractivity (Wildman–Crippen MR) is 67.3 cm³/mol. The Labute approximate surface area is 111 Å². The van der Waals surface area contributed by atoms with E-state index in [2.05, 4.69) is 20.3 Å². The Morgan fingerprint density at radius 2 is 2.17 bits per heavy atom. The summed E-state index contributed by atoms with van der Waals surface area (Å²) in [4.78, 5) is 4.39. The van der Waals surface area contributed by atoms with Gasteiger partial charge in [-0.05, 0) is 18.9 Å². The molecule has 0 radical (unpaired) electrons. The van der Waals surface area contributed by atoms with Crippen LogP contribution in [0.3, 0.4) is 0 Å². The first kappa shape index (κ1) is 13.0. The molecule has 0 aliphatic heterocycles. The second-order valence-electron chi connectivity index (χ2n) is 4.63. The van der Waals surface area contributed by atoms with Gasteiger partial charge in [-0.2, -0.15) is 10.1 Å². The maximum atomic E-state index is 6.26. The average molecular weight is 270 g/mol. The Hall–Kier alpha value is -1.40. The van der Waals surface area contributed by atoms with Gasteiger partial charge in [0.05, 0.1) is 12.0 Å². The second kappa shape index (κ2) is 5.07. The minimum atomic E-state index is -0.379. The second-order valence-corrected chi connectivity index (χ2v) is 4.63. The van der Waals surface area contributed by atoms with E-state index in [4.69, 9.17) is 10.3 Å². The van der Waals surface area contributed by atoms with Crippen LogP contribution in [0.15, 0.2) is 16.8 Å². The largest absolute Gasteiger partial charge is 0.339 e. The van der Waals surface area contributed by atoms with Crippen LogP contribution in [-0.4, -0.2) is 20.3 Å². The highest BCUT2D eigenvalue weighted by Gasteiger charge is 2.35. The van der Waals surface area contributed by atoms with Gasteiger partial charge in [-0.15, -0.1) is 12.4 Å². The van der Waals surface area contributed by atoms with E-state index >= 15 is 0 Å². The maximum absolute atomic E-state index is 6.26. The molecule has 3 rings (SSSR count). The third kappa shape index (κ3) is 2.39. The Bertz CT molecular complexity index is 489. The summed E-state index contributed by atoms with van der Waals surface area (Å²) < 4.78 is 5.23. The molecule has 1 aliphatic rings. The molecule has 2 heterocycles. The van der Waals surface area contributed by atoms with Crippen LogP contribution in [0.5, 0.6) is 0 Å². The van der Waals surface area contributed by atoms with Crippen molar-refractivity contribution in [1.29, 1.82) is 0 Å². The van der Waals surface area contributed by atoms with Crippen molar-refractivity contribution in [2.45, 2.75) is 37.6 Å². The lowest BCUT2D eigenvalue weighted by atomic mass is 9.99. The van der Waals surface area contributed by atoms with Crippen LogP contribution < -0.4 is 5.73 Å². The van der Waals surface area contributed by atoms with Crippen LogP contribution in [0.25, 0.3) is 0 Å². The van der Waals surface area contributed by atoms with Crippen molar-refractivity contribution >= 4 is 12.4 Å². The molecule has 18 heavy (non-hydrogen) atoms. The van der Waals surface area contributed by atoms with E-state index in [1.165, 1.54) is 0 Å². The van der Waals surface area contributed by atoms with Crippen LogP contribution in [0.4, 0.5) is 0 Å². The fourth-order valence-electron chi connectivity index (χ4n) is 2.30. The summed E-state index contributed by atoms with van der Waals surface area (Å²) in [7, 11) is 0. The first-order valence-corrected chi connectivity index (χ1v) is 5.86. The topological polar surface area (TPSA) is 93.6 Å². The molecule has 2 aromatic rings. The first-order valence-electron chi connectivity index (χ1n) is 5.86. The molecule has 0 unspecified atom stereocenters. The monoisotopic (exact) mass is 269 g/mol. The summed E-state index contributed by atoms with van der Waals surface area (Å²) in [5, 5.41) is 10.7. The summed E-state index contributed by atoms with van der Waals surface area (Å²) in [6, 6.07) is 1.89. The van der Waals surface area contributed by atoms with Crippen molar-refractivity contribution in [3.8, 4) is 0 Å². The van der Waals surface area contributed by atoms with Gasteiger partial charge in [0.25, 0.3) is 0 Å². The third-order valence-corrected chi connectivity index (χ3v) is 3.31. The normalized spacial score (nSPS) is 17.6. The molecule has 0 atom stereocenters. The molecule has 0 amide bonds. The number of aromatic nitrogens is 4. The van der Waals surface area contributed by atoms with Gasteiger partial charge in [0, 0.05) is 11.9 Å². The number of hydrogen-bond acceptors (Lipinski definition) is 5. The standard InChI is InChI=1S/C11H15N5O.ClH/c12-11(4-1-2-5-11)10-14-9(17-16-10)7-8-3-6-13-15-8;/h3,6H,1-2,4-5,7,12H2,(H,13,15);1H. The van der Waals surface area contributed by atoms with Gasteiger partial charge in [0.1, 0.15) is 0 Å². The van der Waals surface area contributed by atoms with E-state index < -0.39 is 0 Å². The molecular formula is C11H16ClN5O. The lowest BCUT2D eigenvalue weighted by molar-refractivity contribution is 0.351. The van der Waals surface area contributed by atoms with E-state index in [-0.39, 0.29) is 17.9 Å². The summed E-state index contributed by atoms with van der Waals surface area (Å²) in [6.45, 7) is 0. The van der Waals surface area contributed by atoms with Gasteiger partial charge in [-0.1, -0.05) is 18.0 Å². The van der Waals surface area contributed by atoms with Crippen molar-refractivity contribution < 1.29 is 4.52 Å². The zero-order valence-corrected chi connectivity index (χ0v) is 10.7. The first-order chi connectivity index (χ1) is 8.26. The minimum absolute atomic E-state index is 0. The highest BCUT2D eigenvalue weighted by Crippen LogP contribution is 2.34. The average Bonchev–Trinajstić information content (AvgIpc) is 3.00. The fourth-order valence-corrected chi connectivity index (χ4v) is 2.30. The fraction of sp³-hybridized carbons (Fsp3) is 0.545. The molecular weight excluding hydrogens is 254 g/mol. The number of halogens is 1. The molecule has 98 valence electrons. The Kier molecular flexibility index (Phi) is 3.68. The number of H-pyrrole nitrogens is 1. The van der Waals surface area contributed by atoms with Gasteiger partial charge >= 0.3 is 0 Å². The summed E-state index contributed by atoms with van der Waals surface area (Å²) in [5.74, 6) is 1.23. The number of hydrogen-bond donors (Lipinski definition) is 2. The number of aromatic amines is 1. The zero-order chi connectivity index (χ0) is 11.7. The molecule has 1 fully saturated rings. The highest BCUT2D eigenvalue weighted by atomic mass is 35.5. The van der Waals surface area contributed by atoms with Crippen LogP contribution in [0.2, 0.25) is 0 Å². The number of nitrogens with zero attached hydrogens (tertiary/aromatic N) is 3. The molecule has 0 aromatic carbocycles. The van der Waals surface area contributed by atoms with Crippen molar-refractivity contribution in [1.82, 2.24) is 20.3 Å². The predicted octanol–water partition coefficient (Wildman–Crippen LogP) is 1.53. The van der Waals surface area contributed by atoms with Gasteiger partial charge < -0.3 is 10.3 Å². The number of nitrogens with two attached hydrogens (primary N) is 1. The van der Waals surface area contributed by atoms with Crippen molar-refractivity contribution in [2.24, 2.45) is 5.73 Å². The quantitative estimate of drug-likeness (QED) is 0.881. The molecule has 7 heteroatoms. The van der Waals surface area contributed by atoms with E-state index in [1.54, 1.807) is 6.20 Å². The van der Waals surface area contributed by atoms with Gasteiger partial charge in [-0.25, -0.2) is 0 Å². The molecule has 3 N–H and O–H groups in total. The smallest absolute Gasteiger partial charge is 0.232 e. The maximum Gasteiger partial charge on any atom is 0.232 e. The van der Waals surface area contributed by atoms with Crippen LogP contribution in [0.1, 0.15) is 43.1 Å². The molecule has 0 saturated heterocycles. The molecule has 1 saturated carbocycles. The van der Waals surface area contributed by atoms with E-state index in [9.17, 15) is 0 Å². The van der Waals surface area contributed by atoms with E-state index in [1.807, 2.05) is 6.07 Å². The Morgan fingerprint density at radius 3 is 2.83 bits per heavy atom. The number of nitrogens with one attached hydrogen (secondary N) is 1. The van der Waals surface area contributed by atoms with Gasteiger partial charge in [0.15, 0.2) is 5.82 Å². The van der Waals surface area contributed by atoms with Crippen LogP contribution in [0, 0.1) is 0 Å². The molecule has 6 nitrogen and oxygen atoms in total. The van der Waals surface area contributed by atoms with Crippen LogP contribution in [-0.2, 0) is 12.0 Å². The van der Waals surface area contributed by atoms with E-state index in [0.717, 1.165) is 31.4 Å². The molecule has 2 aromatic heterocycles. The third-order valence-electron chi connectivity index (χ3n) is 3.31. The van der Waals surface area contributed by atoms with Gasteiger partial charge in [-0.3, -0.25) is 5.10 Å². The van der Waals surface area contributed by atoms with Crippen molar-refractivity contribution in [3.63, 3.8) is 0 Å². The lowest BCUT2D eigenvalue weighted by Crippen LogP contribution is -2.34. The summed E-state index contributed by atoms with van der Waals surface area (Å²) in [5.41, 5.74) is 6.84. The molecule has 1 aliphatic carbocycles.